The average Bonchev–Trinajstić information content (AvgIpc) is 3.14. The normalized spacial score (nSPS) is 11.4. The van der Waals surface area contributed by atoms with Gasteiger partial charge in [-0.05, 0) is 25.5 Å². The molecule has 1 heterocycles. The van der Waals surface area contributed by atoms with Crippen molar-refractivity contribution in [3.8, 4) is 0 Å². The van der Waals surface area contributed by atoms with Gasteiger partial charge in [-0.15, -0.1) is 10.2 Å². The third-order valence-corrected chi connectivity index (χ3v) is 4.28. The molecule has 2 N–H and O–H groups in total. The average molecular weight is 358 g/mol. The van der Waals surface area contributed by atoms with Crippen LogP contribution in [-0.2, 0) is 13.0 Å². The van der Waals surface area contributed by atoms with Gasteiger partial charge < -0.3 is 20.1 Å². The quantitative estimate of drug-likeness (QED) is 0.386. The summed E-state index contributed by atoms with van der Waals surface area (Å²) in [5.74, 6) is 1.84. The molecule has 0 aliphatic rings. The number of para-hydroxylation sites is 1. The van der Waals surface area contributed by atoms with Crippen molar-refractivity contribution < 1.29 is 0 Å². The first-order valence-corrected chi connectivity index (χ1v) is 9.39. The topological polar surface area (TPSA) is 70.4 Å². The summed E-state index contributed by atoms with van der Waals surface area (Å²) in [7, 11) is 1.80. The van der Waals surface area contributed by atoms with Crippen LogP contribution in [0.3, 0.4) is 0 Å². The van der Waals surface area contributed by atoms with Crippen LogP contribution >= 0.6 is 0 Å². The molecule has 0 saturated carbocycles. The lowest BCUT2D eigenvalue weighted by atomic mass is 10.2. The molecule has 0 aliphatic heterocycles. The molecule has 142 valence electrons. The van der Waals surface area contributed by atoms with Crippen molar-refractivity contribution in [3.63, 3.8) is 0 Å². The molecule has 1 aromatic heterocycles. The summed E-state index contributed by atoms with van der Waals surface area (Å²) in [5.41, 5.74) is 1.28. The van der Waals surface area contributed by atoms with E-state index in [9.17, 15) is 0 Å². The van der Waals surface area contributed by atoms with Crippen molar-refractivity contribution in [1.82, 2.24) is 25.4 Å². The molecule has 2 aromatic rings. The Bertz CT molecular complexity index is 651. The first-order chi connectivity index (χ1) is 12.8. The van der Waals surface area contributed by atoms with Gasteiger partial charge in [0.05, 0.1) is 0 Å². The highest BCUT2D eigenvalue weighted by Gasteiger charge is 2.04. The number of nitrogens with zero attached hydrogens (tertiary/aromatic N) is 5. The van der Waals surface area contributed by atoms with Crippen LogP contribution in [0.15, 0.2) is 41.7 Å². The number of rotatable bonds is 10. The zero-order chi connectivity index (χ0) is 18.6. The summed E-state index contributed by atoms with van der Waals surface area (Å²) in [5, 5.41) is 14.8. The van der Waals surface area contributed by atoms with E-state index in [1.807, 2.05) is 0 Å². The van der Waals surface area contributed by atoms with E-state index in [1.54, 1.807) is 13.4 Å². The lowest BCUT2D eigenvalue weighted by Crippen LogP contribution is -2.40. The molecule has 0 amide bonds. The Kier molecular flexibility index (Phi) is 8.45. The van der Waals surface area contributed by atoms with Crippen LogP contribution in [0.2, 0.25) is 0 Å². The van der Waals surface area contributed by atoms with E-state index < -0.39 is 0 Å². The molecule has 1 aromatic carbocycles. The molecule has 0 saturated heterocycles. The number of benzene rings is 1. The summed E-state index contributed by atoms with van der Waals surface area (Å²) in [6.07, 6.45) is 3.72. The number of hydrogen-bond donors (Lipinski definition) is 2. The van der Waals surface area contributed by atoms with Crippen LogP contribution in [0.25, 0.3) is 0 Å². The first kappa shape index (κ1) is 19.8. The molecule has 7 nitrogen and oxygen atoms in total. The van der Waals surface area contributed by atoms with Gasteiger partial charge in [0.2, 0.25) is 0 Å². The number of anilines is 1. The number of aromatic nitrogens is 3. The summed E-state index contributed by atoms with van der Waals surface area (Å²) < 4.78 is 2.07. The van der Waals surface area contributed by atoms with Gasteiger partial charge in [-0.3, -0.25) is 4.99 Å². The molecular weight excluding hydrogens is 326 g/mol. The Morgan fingerprint density at radius 2 is 1.92 bits per heavy atom. The summed E-state index contributed by atoms with van der Waals surface area (Å²) in [4.78, 5) is 6.67. The maximum absolute atomic E-state index is 4.28. The van der Waals surface area contributed by atoms with E-state index in [0.717, 1.165) is 57.3 Å². The third-order valence-electron chi connectivity index (χ3n) is 4.28. The molecule has 0 bridgehead atoms. The van der Waals surface area contributed by atoms with Crippen LogP contribution in [0.4, 0.5) is 5.69 Å². The number of hydrogen-bond acceptors (Lipinski definition) is 4. The van der Waals surface area contributed by atoms with E-state index in [1.165, 1.54) is 5.69 Å². The second kappa shape index (κ2) is 11.1. The molecule has 0 fully saturated rings. The Hall–Kier alpha value is -2.57. The Morgan fingerprint density at radius 3 is 2.62 bits per heavy atom. The van der Waals surface area contributed by atoms with Gasteiger partial charge in [-0.25, -0.2) is 0 Å². The molecule has 2 rings (SSSR count). The number of aliphatic imine (C=N–C) groups is 1. The fourth-order valence-corrected chi connectivity index (χ4v) is 2.84. The standard InChI is InChI=1S/C19H31N7/c1-4-18-24-23-16-26(18)15-13-22-19(20-3)21-12-9-14-25(5-2)17-10-7-6-8-11-17/h6-8,10-11,16H,4-5,9,12-15H2,1-3H3,(H2,20,21,22). The highest BCUT2D eigenvalue weighted by atomic mass is 15.3. The summed E-state index contributed by atoms with van der Waals surface area (Å²) >= 11 is 0. The fourth-order valence-electron chi connectivity index (χ4n) is 2.84. The minimum absolute atomic E-state index is 0.788. The van der Waals surface area contributed by atoms with Gasteiger partial charge in [0.1, 0.15) is 12.2 Å². The zero-order valence-corrected chi connectivity index (χ0v) is 16.1. The molecular formula is C19H31N7. The minimum Gasteiger partial charge on any atom is -0.372 e. The van der Waals surface area contributed by atoms with E-state index in [2.05, 4.69) is 79.5 Å². The van der Waals surface area contributed by atoms with Crippen LogP contribution in [0.5, 0.6) is 0 Å². The van der Waals surface area contributed by atoms with Crippen molar-refractivity contribution in [2.24, 2.45) is 4.99 Å². The summed E-state index contributed by atoms with van der Waals surface area (Å²) in [6.45, 7) is 8.81. The van der Waals surface area contributed by atoms with Crippen molar-refractivity contribution in [2.45, 2.75) is 33.2 Å². The Balaban J connectivity index is 1.67. The maximum atomic E-state index is 4.28. The van der Waals surface area contributed by atoms with Crippen LogP contribution in [-0.4, -0.2) is 54.0 Å². The van der Waals surface area contributed by atoms with Gasteiger partial charge in [0.15, 0.2) is 5.96 Å². The highest BCUT2D eigenvalue weighted by molar-refractivity contribution is 5.79. The maximum Gasteiger partial charge on any atom is 0.191 e. The Labute approximate surface area is 156 Å². The minimum atomic E-state index is 0.788. The highest BCUT2D eigenvalue weighted by Crippen LogP contribution is 2.12. The monoisotopic (exact) mass is 357 g/mol. The fraction of sp³-hybridized carbons (Fsp3) is 0.526. The summed E-state index contributed by atoms with van der Waals surface area (Å²) in [6, 6.07) is 10.5. The molecule has 0 unspecified atom stereocenters. The SMILES string of the molecule is CCc1nncn1CCNC(=NC)NCCCN(CC)c1ccccc1. The lowest BCUT2D eigenvalue weighted by Gasteiger charge is -2.23. The van der Waals surface area contributed by atoms with Crippen LogP contribution in [0, 0.1) is 0 Å². The van der Waals surface area contributed by atoms with Gasteiger partial charge >= 0.3 is 0 Å². The van der Waals surface area contributed by atoms with Gasteiger partial charge in [-0.2, -0.15) is 0 Å². The molecule has 26 heavy (non-hydrogen) atoms. The second-order valence-corrected chi connectivity index (χ2v) is 5.99. The van der Waals surface area contributed by atoms with Crippen LogP contribution < -0.4 is 15.5 Å². The van der Waals surface area contributed by atoms with Gasteiger partial charge in [0.25, 0.3) is 0 Å². The van der Waals surface area contributed by atoms with Crippen LogP contribution in [0.1, 0.15) is 26.1 Å². The molecule has 0 atom stereocenters. The van der Waals surface area contributed by atoms with Gasteiger partial charge in [0, 0.05) is 51.9 Å². The molecule has 0 spiro atoms. The van der Waals surface area contributed by atoms with Crippen molar-refractivity contribution in [3.05, 3.63) is 42.5 Å². The molecule has 0 aliphatic carbocycles. The Morgan fingerprint density at radius 1 is 1.15 bits per heavy atom. The van der Waals surface area contributed by atoms with E-state index in [-0.39, 0.29) is 0 Å². The van der Waals surface area contributed by atoms with Crippen molar-refractivity contribution in [1.29, 1.82) is 0 Å². The number of guanidine groups is 1. The molecule has 0 radical (unpaired) electrons. The smallest absolute Gasteiger partial charge is 0.191 e. The third kappa shape index (κ3) is 6.06. The predicted molar refractivity (Wildman–Crippen MR) is 108 cm³/mol. The number of nitrogens with one attached hydrogen (secondary N) is 2. The van der Waals surface area contributed by atoms with E-state index >= 15 is 0 Å². The first-order valence-electron chi connectivity index (χ1n) is 9.39. The second-order valence-electron chi connectivity index (χ2n) is 5.99. The number of aryl methyl sites for hydroxylation is 1. The predicted octanol–water partition coefficient (Wildman–Crippen LogP) is 1.92. The van der Waals surface area contributed by atoms with Crippen molar-refractivity contribution in [2.75, 3.05) is 38.1 Å². The van der Waals surface area contributed by atoms with Crippen molar-refractivity contribution >= 4 is 11.6 Å². The van der Waals surface area contributed by atoms with E-state index in [0.29, 0.717) is 0 Å². The zero-order valence-electron chi connectivity index (χ0n) is 16.1. The largest absolute Gasteiger partial charge is 0.372 e. The molecule has 7 heteroatoms. The van der Waals surface area contributed by atoms with E-state index in [4.69, 9.17) is 0 Å². The lowest BCUT2D eigenvalue weighted by molar-refractivity contribution is 0.629. The van der Waals surface area contributed by atoms with Gasteiger partial charge in [-0.1, -0.05) is 25.1 Å².